The first-order chi connectivity index (χ1) is 13.7. The van der Waals surface area contributed by atoms with Crippen molar-refractivity contribution in [1.29, 1.82) is 0 Å². The fourth-order valence-corrected chi connectivity index (χ4v) is 3.71. The number of fused-ring (bicyclic) bond motifs is 1. The van der Waals surface area contributed by atoms with Gasteiger partial charge in [-0.1, -0.05) is 19.1 Å². The van der Waals surface area contributed by atoms with E-state index in [0.29, 0.717) is 19.5 Å². The van der Waals surface area contributed by atoms with Crippen molar-refractivity contribution in [2.45, 2.75) is 39.2 Å². The second-order valence-corrected chi connectivity index (χ2v) is 7.17. The first-order valence-electron chi connectivity index (χ1n) is 10.1. The SMILES string of the molecule is CCc1nc(N(CCC(=O)N2CCCC2)Cc2ccco2)c2ccccc2n1. The molecule has 0 aliphatic carbocycles. The van der Waals surface area contributed by atoms with Gasteiger partial charge in [0.05, 0.1) is 18.3 Å². The molecule has 1 aliphatic rings. The molecule has 0 spiro atoms. The molecule has 0 unspecified atom stereocenters. The lowest BCUT2D eigenvalue weighted by Gasteiger charge is -2.25. The lowest BCUT2D eigenvalue weighted by Crippen LogP contribution is -2.33. The summed E-state index contributed by atoms with van der Waals surface area (Å²) in [7, 11) is 0. The Bertz CT molecular complexity index is 933. The van der Waals surface area contributed by atoms with Gasteiger partial charge in [0.2, 0.25) is 5.91 Å². The van der Waals surface area contributed by atoms with Crippen molar-refractivity contribution in [3.05, 3.63) is 54.2 Å². The molecule has 2 aromatic heterocycles. The molecule has 0 N–H and O–H groups in total. The molecular weight excluding hydrogens is 352 g/mol. The van der Waals surface area contributed by atoms with E-state index in [1.807, 2.05) is 41.3 Å². The van der Waals surface area contributed by atoms with Gasteiger partial charge >= 0.3 is 0 Å². The van der Waals surface area contributed by atoms with Gasteiger partial charge in [-0.05, 0) is 37.1 Å². The Hall–Kier alpha value is -2.89. The second kappa shape index (κ2) is 8.42. The van der Waals surface area contributed by atoms with Crippen LogP contribution in [0.2, 0.25) is 0 Å². The molecule has 1 aromatic carbocycles. The van der Waals surface area contributed by atoms with E-state index in [0.717, 1.165) is 60.7 Å². The summed E-state index contributed by atoms with van der Waals surface area (Å²) in [6.07, 6.45) is 5.13. The third kappa shape index (κ3) is 4.01. The standard InChI is InChI=1S/C22H26N4O2/c1-2-20-23-19-10-4-3-9-18(19)22(24-20)26(16-17-8-7-15-28-17)14-11-21(27)25-12-5-6-13-25/h3-4,7-10,15H,2,5-6,11-14,16H2,1H3. The van der Waals surface area contributed by atoms with Crippen LogP contribution in [-0.4, -0.2) is 40.4 Å². The minimum absolute atomic E-state index is 0.219. The summed E-state index contributed by atoms with van der Waals surface area (Å²) in [4.78, 5) is 26.2. The van der Waals surface area contributed by atoms with Gasteiger partial charge < -0.3 is 14.2 Å². The first-order valence-corrected chi connectivity index (χ1v) is 10.1. The zero-order valence-corrected chi connectivity index (χ0v) is 16.3. The molecule has 28 heavy (non-hydrogen) atoms. The Morgan fingerprint density at radius 1 is 1.14 bits per heavy atom. The summed E-state index contributed by atoms with van der Waals surface area (Å²) < 4.78 is 5.58. The first kappa shape index (κ1) is 18.5. The highest BCUT2D eigenvalue weighted by Gasteiger charge is 2.21. The molecule has 146 valence electrons. The van der Waals surface area contributed by atoms with Crippen LogP contribution in [0.4, 0.5) is 5.82 Å². The van der Waals surface area contributed by atoms with Crippen LogP contribution in [-0.2, 0) is 17.8 Å². The van der Waals surface area contributed by atoms with Crippen LogP contribution in [0.5, 0.6) is 0 Å². The number of amides is 1. The minimum Gasteiger partial charge on any atom is -0.467 e. The van der Waals surface area contributed by atoms with Gasteiger partial charge in [-0.2, -0.15) is 0 Å². The van der Waals surface area contributed by atoms with Crippen LogP contribution in [0.25, 0.3) is 10.9 Å². The molecule has 1 aliphatic heterocycles. The van der Waals surface area contributed by atoms with E-state index in [1.165, 1.54) is 0 Å². The summed E-state index contributed by atoms with van der Waals surface area (Å²) in [5, 5.41) is 1.000. The number of likely N-dealkylation sites (tertiary alicyclic amines) is 1. The molecular formula is C22H26N4O2. The molecule has 1 fully saturated rings. The maximum atomic E-state index is 12.6. The van der Waals surface area contributed by atoms with Crippen molar-refractivity contribution in [2.75, 3.05) is 24.5 Å². The maximum absolute atomic E-state index is 12.6. The van der Waals surface area contributed by atoms with Gasteiger partial charge in [0.25, 0.3) is 0 Å². The van der Waals surface area contributed by atoms with Crippen LogP contribution in [0.15, 0.2) is 47.1 Å². The highest BCUT2D eigenvalue weighted by Crippen LogP contribution is 2.26. The lowest BCUT2D eigenvalue weighted by atomic mass is 10.2. The number of carbonyl (C=O) groups excluding carboxylic acids is 1. The second-order valence-electron chi connectivity index (χ2n) is 7.17. The van der Waals surface area contributed by atoms with E-state index in [9.17, 15) is 4.79 Å². The lowest BCUT2D eigenvalue weighted by molar-refractivity contribution is -0.129. The number of nitrogens with zero attached hydrogens (tertiary/aromatic N) is 4. The predicted molar refractivity (Wildman–Crippen MR) is 109 cm³/mol. The number of benzene rings is 1. The third-order valence-corrected chi connectivity index (χ3v) is 5.23. The van der Waals surface area contributed by atoms with Crippen molar-refractivity contribution in [3.63, 3.8) is 0 Å². The fraction of sp³-hybridized carbons (Fsp3) is 0.409. The Labute approximate surface area is 165 Å². The normalized spacial score (nSPS) is 14.0. The molecule has 0 bridgehead atoms. The van der Waals surface area contributed by atoms with E-state index in [1.54, 1.807) is 6.26 Å². The summed E-state index contributed by atoms with van der Waals surface area (Å²) >= 11 is 0. The Morgan fingerprint density at radius 2 is 1.96 bits per heavy atom. The number of aromatic nitrogens is 2. The van der Waals surface area contributed by atoms with Crippen LogP contribution in [0.3, 0.4) is 0 Å². The Balaban J connectivity index is 1.64. The van der Waals surface area contributed by atoms with Gasteiger partial charge in [0.1, 0.15) is 17.4 Å². The van der Waals surface area contributed by atoms with Crippen molar-refractivity contribution >= 4 is 22.6 Å². The zero-order valence-electron chi connectivity index (χ0n) is 16.3. The highest BCUT2D eigenvalue weighted by molar-refractivity contribution is 5.89. The topological polar surface area (TPSA) is 62.5 Å². The van der Waals surface area contributed by atoms with Gasteiger partial charge in [-0.3, -0.25) is 4.79 Å². The largest absolute Gasteiger partial charge is 0.467 e. The average molecular weight is 378 g/mol. The van der Waals surface area contributed by atoms with Crippen LogP contribution in [0.1, 0.15) is 37.8 Å². The van der Waals surface area contributed by atoms with E-state index in [2.05, 4.69) is 16.8 Å². The number of aryl methyl sites for hydroxylation is 1. The van der Waals surface area contributed by atoms with Crippen LogP contribution >= 0.6 is 0 Å². The third-order valence-electron chi connectivity index (χ3n) is 5.23. The molecule has 0 atom stereocenters. The quantitative estimate of drug-likeness (QED) is 0.626. The van der Waals surface area contributed by atoms with Crippen molar-refractivity contribution in [3.8, 4) is 0 Å². The summed E-state index contributed by atoms with van der Waals surface area (Å²) in [6.45, 7) is 4.99. The van der Waals surface area contributed by atoms with Crippen molar-refractivity contribution in [1.82, 2.24) is 14.9 Å². The van der Waals surface area contributed by atoms with Gasteiger partial charge in [-0.15, -0.1) is 0 Å². The molecule has 6 nitrogen and oxygen atoms in total. The number of rotatable bonds is 7. The summed E-state index contributed by atoms with van der Waals surface area (Å²) in [5.41, 5.74) is 0.930. The number of furan rings is 1. The zero-order chi connectivity index (χ0) is 19.3. The van der Waals surface area contributed by atoms with Crippen LogP contribution in [0, 0.1) is 0 Å². The van der Waals surface area contributed by atoms with E-state index >= 15 is 0 Å². The fourth-order valence-electron chi connectivity index (χ4n) is 3.71. The molecule has 4 rings (SSSR count). The van der Waals surface area contributed by atoms with Crippen LogP contribution < -0.4 is 4.90 Å². The Morgan fingerprint density at radius 3 is 2.71 bits per heavy atom. The number of carbonyl (C=O) groups is 1. The summed E-state index contributed by atoms with van der Waals surface area (Å²) in [5.74, 6) is 2.75. The number of anilines is 1. The number of hydrogen-bond acceptors (Lipinski definition) is 5. The smallest absolute Gasteiger partial charge is 0.224 e. The molecule has 3 heterocycles. The highest BCUT2D eigenvalue weighted by atomic mass is 16.3. The van der Waals surface area contributed by atoms with Crippen molar-refractivity contribution < 1.29 is 9.21 Å². The molecule has 1 saturated heterocycles. The van der Waals surface area contributed by atoms with E-state index < -0.39 is 0 Å². The minimum atomic E-state index is 0.219. The van der Waals surface area contributed by atoms with Gasteiger partial charge in [-0.25, -0.2) is 9.97 Å². The molecule has 3 aromatic rings. The van der Waals surface area contributed by atoms with Gasteiger partial charge in [0, 0.05) is 37.9 Å². The molecule has 0 radical (unpaired) electrons. The molecule has 1 amide bonds. The number of hydrogen-bond donors (Lipinski definition) is 0. The summed E-state index contributed by atoms with van der Waals surface area (Å²) in [6, 6.07) is 11.9. The molecule has 0 saturated carbocycles. The van der Waals surface area contributed by atoms with Gasteiger partial charge in [0.15, 0.2) is 0 Å². The van der Waals surface area contributed by atoms with E-state index in [4.69, 9.17) is 9.40 Å². The molecule has 6 heteroatoms. The Kier molecular flexibility index (Phi) is 5.55. The van der Waals surface area contributed by atoms with E-state index in [-0.39, 0.29) is 5.91 Å². The van der Waals surface area contributed by atoms with Crippen molar-refractivity contribution in [2.24, 2.45) is 0 Å². The monoisotopic (exact) mass is 378 g/mol. The average Bonchev–Trinajstić information content (AvgIpc) is 3.44. The maximum Gasteiger partial charge on any atom is 0.224 e. The number of para-hydroxylation sites is 1. The predicted octanol–water partition coefficient (Wildman–Crippen LogP) is 3.80.